The lowest BCUT2D eigenvalue weighted by atomic mass is 9.97. The largest absolute Gasteiger partial charge is 0.497 e. The van der Waals surface area contributed by atoms with Gasteiger partial charge in [-0.25, -0.2) is 0 Å². The maximum absolute atomic E-state index is 5.27. The molecule has 0 saturated carbocycles. The fourth-order valence-corrected chi connectivity index (χ4v) is 3.14. The number of piperidine rings is 1. The van der Waals surface area contributed by atoms with Crippen LogP contribution in [0, 0.1) is 5.92 Å². The van der Waals surface area contributed by atoms with Gasteiger partial charge in [-0.2, -0.15) is 0 Å². The standard InChI is InChI=1S/C17H28N2O/c1-18-13-16-8-5-11-19(14-16)10-4-7-15-6-3-9-17(12-15)20-2/h3,6,9,12,16,18H,4-5,7-8,10-11,13-14H2,1-2H3. The molecule has 1 unspecified atom stereocenters. The molecule has 1 atom stereocenters. The van der Waals surface area contributed by atoms with Crippen molar-refractivity contribution in [1.29, 1.82) is 0 Å². The molecule has 0 bridgehead atoms. The minimum atomic E-state index is 0.838. The van der Waals surface area contributed by atoms with Crippen LogP contribution in [-0.4, -0.2) is 45.2 Å². The number of methoxy groups -OCH3 is 1. The molecule has 1 aromatic rings. The van der Waals surface area contributed by atoms with E-state index in [4.69, 9.17) is 4.74 Å². The zero-order chi connectivity index (χ0) is 14.2. The third-order valence-electron chi connectivity index (χ3n) is 4.17. The van der Waals surface area contributed by atoms with Gasteiger partial charge in [-0.1, -0.05) is 12.1 Å². The van der Waals surface area contributed by atoms with E-state index >= 15 is 0 Å². The van der Waals surface area contributed by atoms with Crippen LogP contribution in [0.15, 0.2) is 24.3 Å². The van der Waals surface area contributed by atoms with Crippen LogP contribution in [0.3, 0.4) is 0 Å². The average Bonchev–Trinajstić information content (AvgIpc) is 2.48. The summed E-state index contributed by atoms with van der Waals surface area (Å²) in [5.41, 5.74) is 1.38. The molecular formula is C17H28N2O. The summed E-state index contributed by atoms with van der Waals surface area (Å²) in [4.78, 5) is 2.63. The van der Waals surface area contributed by atoms with Crippen LogP contribution in [0.5, 0.6) is 5.75 Å². The van der Waals surface area contributed by atoms with E-state index in [1.807, 2.05) is 6.07 Å². The molecule has 0 aromatic heterocycles. The maximum Gasteiger partial charge on any atom is 0.119 e. The highest BCUT2D eigenvalue weighted by Gasteiger charge is 2.18. The van der Waals surface area contributed by atoms with Crippen molar-refractivity contribution in [3.63, 3.8) is 0 Å². The Bertz CT molecular complexity index is 392. The lowest BCUT2D eigenvalue weighted by Crippen LogP contribution is -2.39. The Hall–Kier alpha value is -1.06. The second kappa shape index (κ2) is 8.28. The van der Waals surface area contributed by atoms with Gasteiger partial charge in [0.1, 0.15) is 5.75 Å². The fraction of sp³-hybridized carbons (Fsp3) is 0.647. The number of nitrogens with one attached hydrogen (secondary N) is 1. The first-order chi connectivity index (χ1) is 9.81. The summed E-state index contributed by atoms with van der Waals surface area (Å²) in [5.74, 6) is 1.81. The summed E-state index contributed by atoms with van der Waals surface area (Å²) in [6.45, 7) is 4.92. The molecule has 0 radical (unpaired) electrons. The normalized spacial score (nSPS) is 20.0. The first kappa shape index (κ1) is 15.3. The van der Waals surface area contributed by atoms with Gasteiger partial charge in [0.15, 0.2) is 0 Å². The molecule has 0 spiro atoms. The third kappa shape index (κ3) is 4.80. The van der Waals surface area contributed by atoms with Gasteiger partial charge < -0.3 is 15.0 Å². The molecule has 3 heteroatoms. The van der Waals surface area contributed by atoms with Gasteiger partial charge in [0.05, 0.1) is 7.11 Å². The molecule has 1 saturated heterocycles. The molecule has 3 nitrogen and oxygen atoms in total. The lowest BCUT2D eigenvalue weighted by Gasteiger charge is -2.32. The number of rotatable bonds is 7. The minimum absolute atomic E-state index is 0.838. The molecule has 112 valence electrons. The highest BCUT2D eigenvalue weighted by Crippen LogP contribution is 2.17. The summed E-state index contributed by atoms with van der Waals surface area (Å²) in [6.07, 6.45) is 5.11. The SMILES string of the molecule is CNCC1CCCN(CCCc2cccc(OC)c2)C1. The summed E-state index contributed by atoms with van der Waals surface area (Å²) in [5, 5.41) is 3.31. The van der Waals surface area contributed by atoms with E-state index in [1.54, 1.807) is 7.11 Å². The number of likely N-dealkylation sites (tertiary alicyclic amines) is 1. The van der Waals surface area contributed by atoms with Crippen LogP contribution >= 0.6 is 0 Å². The molecular weight excluding hydrogens is 248 g/mol. The Labute approximate surface area is 123 Å². The molecule has 1 aliphatic heterocycles. The van der Waals surface area contributed by atoms with Gasteiger partial charge >= 0.3 is 0 Å². The Balaban J connectivity index is 1.72. The molecule has 1 fully saturated rings. The number of hydrogen-bond acceptors (Lipinski definition) is 3. The predicted molar refractivity (Wildman–Crippen MR) is 84.4 cm³/mol. The number of hydrogen-bond donors (Lipinski definition) is 1. The summed E-state index contributed by atoms with van der Waals surface area (Å²) in [6, 6.07) is 8.44. The second-order valence-corrected chi connectivity index (χ2v) is 5.82. The van der Waals surface area contributed by atoms with Gasteiger partial charge in [0, 0.05) is 6.54 Å². The number of benzene rings is 1. The molecule has 0 aliphatic carbocycles. The highest BCUT2D eigenvalue weighted by atomic mass is 16.5. The van der Waals surface area contributed by atoms with Gasteiger partial charge in [-0.3, -0.25) is 0 Å². The second-order valence-electron chi connectivity index (χ2n) is 5.82. The fourth-order valence-electron chi connectivity index (χ4n) is 3.14. The van der Waals surface area contributed by atoms with Crippen molar-refractivity contribution < 1.29 is 4.74 Å². The van der Waals surface area contributed by atoms with Crippen molar-refractivity contribution in [1.82, 2.24) is 10.2 Å². The number of nitrogens with zero attached hydrogens (tertiary/aromatic N) is 1. The van der Waals surface area contributed by atoms with Gasteiger partial charge in [0.25, 0.3) is 0 Å². The van der Waals surface area contributed by atoms with Crippen LogP contribution in [0.1, 0.15) is 24.8 Å². The number of aryl methyl sites for hydroxylation is 1. The Morgan fingerprint density at radius 1 is 1.40 bits per heavy atom. The van der Waals surface area contributed by atoms with Crippen molar-refractivity contribution in [3.8, 4) is 5.75 Å². The summed E-state index contributed by atoms with van der Waals surface area (Å²) < 4.78 is 5.27. The molecule has 1 N–H and O–H groups in total. The number of ether oxygens (including phenoxy) is 1. The monoisotopic (exact) mass is 276 g/mol. The zero-order valence-electron chi connectivity index (χ0n) is 12.9. The van der Waals surface area contributed by atoms with E-state index in [0.717, 1.165) is 24.6 Å². The van der Waals surface area contributed by atoms with E-state index in [-0.39, 0.29) is 0 Å². The van der Waals surface area contributed by atoms with E-state index in [0.29, 0.717) is 0 Å². The van der Waals surface area contributed by atoms with E-state index in [2.05, 4.69) is 35.5 Å². The highest BCUT2D eigenvalue weighted by molar-refractivity contribution is 5.28. The van der Waals surface area contributed by atoms with Crippen molar-refractivity contribution in [2.24, 2.45) is 5.92 Å². The van der Waals surface area contributed by atoms with Crippen molar-refractivity contribution >= 4 is 0 Å². The van der Waals surface area contributed by atoms with E-state index in [1.165, 1.54) is 44.5 Å². The van der Waals surface area contributed by atoms with Crippen LogP contribution in [0.4, 0.5) is 0 Å². The molecule has 20 heavy (non-hydrogen) atoms. The zero-order valence-corrected chi connectivity index (χ0v) is 12.9. The smallest absolute Gasteiger partial charge is 0.119 e. The van der Waals surface area contributed by atoms with E-state index < -0.39 is 0 Å². The molecule has 1 aromatic carbocycles. The Kier molecular flexibility index (Phi) is 6.34. The average molecular weight is 276 g/mol. The van der Waals surface area contributed by atoms with Crippen LogP contribution in [0.25, 0.3) is 0 Å². The Morgan fingerprint density at radius 3 is 3.10 bits per heavy atom. The van der Waals surface area contributed by atoms with Crippen LogP contribution < -0.4 is 10.1 Å². The first-order valence-corrected chi connectivity index (χ1v) is 7.81. The summed E-state index contributed by atoms with van der Waals surface area (Å²) in [7, 11) is 3.79. The Morgan fingerprint density at radius 2 is 2.30 bits per heavy atom. The van der Waals surface area contributed by atoms with Crippen molar-refractivity contribution in [2.45, 2.75) is 25.7 Å². The summed E-state index contributed by atoms with van der Waals surface area (Å²) >= 11 is 0. The van der Waals surface area contributed by atoms with Crippen LogP contribution in [0.2, 0.25) is 0 Å². The van der Waals surface area contributed by atoms with Crippen molar-refractivity contribution in [2.75, 3.05) is 40.3 Å². The van der Waals surface area contributed by atoms with E-state index in [9.17, 15) is 0 Å². The maximum atomic E-state index is 5.27. The molecule has 1 heterocycles. The predicted octanol–water partition coefficient (Wildman–Crippen LogP) is 2.56. The van der Waals surface area contributed by atoms with Crippen molar-refractivity contribution in [3.05, 3.63) is 29.8 Å². The molecule has 1 aliphatic rings. The molecule has 0 amide bonds. The first-order valence-electron chi connectivity index (χ1n) is 7.81. The topological polar surface area (TPSA) is 24.5 Å². The minimum Gasteiger partial charge on any atom is -0.497 e. The van der Waals surface area contributed by atoms with Gasteiger partial charge in [0.2, 0.25) is 0 Å². The van der Waals surface area contributed by atoms with Gasteiger partial charge in [-0.05, 0) is 76.0 Å². The third-order valence-corrected chi connectivity index (χ3v) is 4.17. The molecule has 2 rings (SSSR count). The quantitative estimate of drug-likeness (QED) is 0.828. The van der Waals surface area contributed by atoms with Gasteiger partial charge in [-0.15, -0.1) is 0 Å². The lowest BCUT2D eigenvalue weighted by molar-refractivity contribution is 0.172. The van der Waals surface area contributed by atoms with Crippen LogP contribution in [-0.2, 0) is 6.42 Å².